The van der Waals surface area contributed by atoms with E-state index in [2.05, 4.69) is 10.3 Å². The molecule has 3 aromatic carbocycles. The summed E-state index contributed by atoms with van der Waals surface area (Å²) >= 11 is 0. The molecule has 0 aliphatic carbocycles. The summed E-state index contributed by atoms with van der Waals surface area (Å²) in [5.41, 5.74) is 0.812. The Balaban J connectivity index is 1.46. The van der Waals surface area contributed by atoms with Crippen molar-refractivity contribution in [2.24, 2.45) is 0 Å². The molecule has 12 heteroatoms. The summed E-state index contributed by atoms with van der Waals surface area (Å²) in [6.45, 7) is 0. The number of halogens is 2. The molecule has 0 aliphatic rings. The molecule has 2 N–H and O–H groups in total. The maximum Gasteiger partial charge on any atom is 0.332 e. The second kappa shape index (κ2) is 10.7. The van der Waals surface area contributed by atoms with E-state index in [1.165, 1.54) is 44.7 Å². The van der Waals surface area contributed by atoms with Crippen molar-refractivity contribution in [2.45, 2.75) is 5.75 Å². The van der Waals surface area contributed by atoms with Crippen molar-refractivity contribution in [3.8, 4) is 23.0 Å². The summed E-state index contributed by atoms with van der Waals surface area (Å²) < 4.78 is 70.4. The highest BCUT2D eigenvalue weighted by Crippen LogP contribution is 2.37. The maximum atomic E-state index is 14.8. The van der Waals surface area contributed by atoms with Gasteiger partial charge in [0.15, 0.2) is 23.1 Å². The van der Waals surface area contributed by atoms with Gasteiger partial charge in [-0.05, 0) is 42.0 Å². The summed E-state index contributed by atoms with van der Waals surface area (Å²) in [7, 11) is -1.11. The van der Waals surface area contributed by atoms with Gasteiger partial charge in [-0.2, -0.15) is 0 Å². The lowest BCUT2D eigenvalue weighted by molar-refractivity contribution is 0.256. The normalized spacial score (nSPS) is 11.1. The molecule has 0 atom stereocenters. The quantitative estimate of drug-likeness (QED) is 0.331. The Kier molecular flexibility index (Phi) is 7.39. The van der Waals surface area contributed by atoms with Crippen molar-refractivity contribution in [3.63, 3.8) is 0 Å². The second-order valence-corrected chi connectivity index (χ2v) is 9.44. The first-order valence-electron chi connectivity index (χ1n) is 10.7. The number of aromatic nitrogens is 1. The van der Waals surface area contributed by atoms with Crippen LogP contribution < -0.4 is 24.2 Å². The van der Waals surface area contributed by atoms with Gasteiger partial charge in [0.1, 0.15) is 11.6 Å². The first kappa shape index (κ1) is 25.6. The molecule has 0 fully saturated rings. The molecular weight excluding hydrogens is 508 g/mol. The van der Waals surface area contributed by atoms with E-state index in [-0.39, 0.29) is 17.0 Å². The second-order valence-electron chi connectivity index (χ2n) is 7.72. The molecule has 1 aromatic heterocycles. The van der Waals surface area contributed by atoms with E-state index in [4.69, 9.17) is 14.2 Å². The zero-order valence-corrected chi connectivity index (χ0v) is 20.4. The number of methoxy groups -OCH3 is 2. The fourth-order valence-electron chi connectivity index (χ4n) is 3.45. The number of amides is 2. The number of ether oxygens (including phenoxy) is 3. The number of hydrogen-bond acceptors (Lipinski definition) is 7. The number of carbonyl (C=O) groups is 1. The summed E-state index contributed by atoms with van der Waals surface area (Å²) in [5, 5.41) is 2.81. The Morgan fingerprint density at radius 2 is 1.59 bits per heavy atom. The minimum atomic E-state index is -4.09. The molecule has 0 bridgehead atoms. The third kappa shape index (κ3) is 6.22. The molecule has 0 unspecified atom stereocenters. The molecule has 0 radical (unpaired) electrons. The van der Waals surface area contributed by atoms with Gasteiger partial charge < -0.3 is 19.5 Å². The van der Waals surface area contributed by atoms with Gasteiger partial charge in [-0.25, -0.2) is 26.7 Å². The van der Waals surface area contributed by atoms with E-state index in [0.717, 1.165) is 18.2 Å². The number of urea groups is 1. The number of anilines is 1. The Labute approximate surface area is 211 Å². The highest BCUT2D eigenvalue weighted by molar-refractivity contribution is 7.89. The van der Waals surface area contributed by atoms with Crippen molar-refractivity contribution in [1.82, 2.24) is 9.71 Å². The van der Waals surface area contributed by atoms with Crippen LogP contribution in [0.15, 0.2) is 66.9 Å². The Morgan fingerprint density at radius 1 is 0.892 bits per heavy atom. The van der Waals surface area contributed by atoms with Crippen LogP contribution in [0.25, 0.3) is 10.9 Å². The number of sulfonamides is 1. The van der Waals surface area contributed by atoms with Crippen LogP contribution in [0, 0.1) is 11.6 Å². The van der Waals surface area contributed by atoms with Crippen molar-refractivity contribution in [3.05, 3.63) is 84.1 Å². The fourth-order valence-corrected chi connectivity index (χ4v) is 4.49. The highest BCUT2D eigenvalue weighted by Gasteiger charge is 2.17. The Hall–Kier alpha value is -4.45. The molecule has 192 valence electrons. The Morgan fingerprint density at radius 3 is 2.27 bits per heavy atom. The van der Waals surface area contributed by atoms with E-state index in [1.807, 2.05) is 4.72 Å². The summed E-state index contributed by atoms with van der Waals surface area (Å²) in [4.78, 5) is 16.4. The van der Waals surface area contributed by atoms with Gasteiger partial charge in [0.25, 0.3) is 0 Å². The van der Waals surface area contributed by atoms with Crippen LogP contribution in [0.2, 0.25) is 0 Å². The highest BCUT2D eigenvalue weighted by atomic mass is 32.2. The number of carbonyl (C=O) groups excluding carboxylic acids is 1. The molecule has 4 aromatic rings. The molecule has 0 aliphatic heterocycles. The van der Waals surface area contributed by atoms with E-state index in [0.29, 0.717) is 28.2 Å². The third-order valence-corrected chi connectivity index (χ3v) is 6.34. The standard InChI is InChI=1S/C25H21F2N3O6S/c1-34-23-12-18-20(13-24(23)35-2)28-10-9-21(18)36-22-8-7-17(11-19(22)27)29-25(31)30-37(32,33)14-15-3-5-16(26)6-4-15/h3-13H,14H2,1-2H3,(H2,29,30,31). The number of nitrogens with zero attached hydrogens (tertiary/aromatic N) is 1. The van der Waals surface area contributed by atoms with Crippen molar-refractivity contribution >= 4 is 32.6 Å². The van der Waals surface area contributed by atoms with Gasteiger partial charge in [-0.15, -0.1) is 0 Å². The van der Waals surface area contributed by atoms with Crippen molar-refractivity contribution in [2.75, 3.05) is 19.5 Å². The molecule has 9 nitrogen and oxygen atoms in total. The van der Waals surface area contributed by atoms with E-state index in [9.17, 15) is 22.0 Å². The Bertz CT molecular complexity index is 1560. The smallest absolute Gasteiger partial charge is 0.332 e. The van der Waals surface area contributed by atoms with Gasteiger partial charge >= 0.3 is 6.03 Å². The largest absolute Gasteiger partial charge is 0.493 e. The number of nitrogens with one attached hydrogen (secondary N) is 2. The number of benzene rings is 3. The first-order chi connectivity index (χ1) is 17.7. The maximum absolute atomic E-state index is 14.8. The third-order valence-electron chi connectivity index (χ3n) is 5.13. The van der Waals surface area contributed by atoms with Gasteiger partial charge in [-0.3, -0.25) is 4.98 Å². The van der Waals surface area contributed by atoms with Gasteiger partial charge in [0, 0.05) is 29.4 Å². The summed E-state index contributed by atoms with van der Waals surface area (Å²) in [5.74, 6) is -0.797. The molecule has 0 saturated carbocycles. The average Bonchev–Trinajstić information content (AvgIpc) is 2.85. The summed E-state index contributed by atoms with van der Waals surface area (Å²) in [6.07, 6.45) is 1.49. The zero-order valence-electron chi connectivity index (χ0n) is 19.6. The molecule has 0 saturated heterocycles. The fraction of sp³-hybridized carbons (Fsp3) is 0.120. The van der Waals surface area contributed by atoms with Crippen LogP contribution in [-0.2, 0) is 15.8 Å². The van der Waals surface area contributed by atoms with Crippen LogP contribution in [-0.4, -0.2) is 33.7 Å². The topological polar surface area (TPSA) is 116 Å². The molecule has 0 spiro atoms. The molecule has 2 amide bonds. The van der Waals surface area contributed by atoms with E-state index in [1.54, 1.807) is 18.2 Å². The zero-order chi connectivity index (χ0) is 26.6. The van der Waals surface area contributed by atoms with Gasteiger partial charge in [0.2, 0.25) is 10.0 Å². The van der Waals surface area contributed by atoms with Crippen LogP contribution in [0.1, 0.15) is 5.56 Å². The lowest BCUT2D eigenvalue weighted by atomic mass is 10.2. The number of fused-ring (bicyclic) bond motifs is 1. The lowest BCUT2D eigenvalue weighted by Crippen LogP contribution is -2.35. The minimum absolute atomic E-state index is 0.00896. The molecular formula is C25H21F2N3O6S. The number of pyridine rings is 1. The lowest BCUT2D eigenvalue weighted by Gasteiger charge is -2.13. The molecule has 1 heterocycles. The van der Waals surface area contributed by atoms with E-state index < -0.39 is 33.4 Å². The molecule has 37 heavy (non-hydrogen) atoms. The minimum Gasteiger partial charge on any atom is -0.493 e. The monoisotopic (exact) mass is 529 g/mol. The number of hydrogen-bond donors (Lipinski definition) is 2. The van der Waals surface area contributed by atoms with Gasteiger partial charge in [-0.1, -0.05) is 12.1 Å². The predicted molar refractivity (Wildman–Crippen MR) is 132 cm³/mol. The van der Waals surface area contributed by atoms with Crippen molar-refractivity contribution < 1.29 is 36.2 Å². The van der Waals surface area contributed by atoms with Gasteiger partial charge in [0.05, 0.1) is 25.5 Å². The van der Waals surface area contributed by atoms with Crippen LogP contribution in [0.3, 0.4) is 0 Å². The number of rotatable bonds is 8. The van der Waals surface area contributed by atoms with Crippen LogP contribution in [0.4, 0.5) is 19.3 Å². The first-order valence-corrected chi connectivity index (χ1v) is 12.4. The van der Waals surface area contributed by atoms with E-state index >= 15 is 0 Å². The SMILES string of the molecule is COc1cc2nccc(Oc3ccc(NC(=O)NS(=O)(=O)Cc4ccc(F)cc4)cc3F)c2cc1OC. The predicted octanol–water partition coefficient (Wildman–Crippen LogP) is 4.97. The van der Waals surface area contributed by atoms with Crippen LogP contribution in [0.5, 0.6) is 23.0 Å². The van der Waals surface area contributed by atoms with Crippen molar-refractivity contribution in [1.29, 1.82) is 0 Å². The molecule has 4 rings (SSSR count). The summed E-state index contributed by atoms with van der Waals surface area (Å²) in [6, 6.07) is 12.2. The average molecular weight is 530 g/mol. The van der Waals surface area contributed by atoms with Crippen LogP contribution >= 0.6 is 0 Å².